The highest BCUT2D eigenvalue weighted by molar-refractivity contribution is 5.16. The van der Waals surface area contributed by atoms with Crippen LogP contribution in [0.5, 0.6) is 0 Å². The molecule has 0 aromatic rings. The number of allylic oxidation sites excluding steroid dienone is 4. The van der Waals surface area contributed by atoms with Crippen molar-refractivity contribution in [1.82, 2.24) is 0 Å². The number of hydrogen-bond donors (Lipinski definition) is 0. The summed E-state index contributed by atoms with van der Waals surface area (Å²) in [5.41, 5.74) is 1.55. The van der Waals surface area contributed by atoms with Gasteiger partial charge in [-0.2, -0.15) is 0 Å². The molecule has 0 unspecified atom stereocenters. The van der Waals surface area contributed by atoms with Gasteiger partial charge in [-0.05, 0) is 32.6 Å². The largest absolute Gasteiger partial charge is 0.0877 e. The first-order valence-corrected chi connectivity index (χ1v) is 3.64. The van der Waals surface area contributed by atoms with Crippen molar-refractivity contribution in [2.75, 3.05) is 0 Å². The van der Waals surface area contributed by atoms with Crippen LogP contribution in [-0.2, 0) is 0 Å². The maximum Gasteiger partial charge on any atom is -0.0202 e. The first-order chi connectivity index (χ1) is 4.34. The summed E-state index contributed by atoms with van der Waals surface area (Å²) in [7, 11) is 0. The maximum atomic E-state index is 2.22. The lowest BCUT2D eigenvalue weighted by Gasteiger charge is -1.90. The van der Waals surface area contributed by atoms with Crippen LogP contribution in [0, 0.1) is 5.92 Å². The molecule has 1 fully saturated rings. The second kappa shape index (κ2) is 2.86. The van der Waals surface area contributed by atoms with Crippen LogP contribution in [0.2, 0.25) is 0 Å². The molecular formula is C9H14. The summed E-state index contributed by atoms with van der Waals surface area (Å²) < 4.78 is 0. The van der Waals surface area contributed by atoms with E-state index in [1.54, 1.807) is 5.57 Å². The van der Waals surface area contributed by atoms with Gasteiger partial charge in [0.05, 0.1) is 0 Å². The molecule has 0 heterocycles. The van der Waals surface area contributed by atoms with Crippen molar-refractivity contribution in [3.63, 3.8) is 0 Å². The molecule has 0 radical (unpaired) electrons. The van der Waals surface area contributed by atoms with Crippen LogP contribution < -0.4 is 0 Å². The van der Waals surface area contributed by atoms with Crippen molar-refractivity contribution in [2.24, 2.45) is 5.92 Å². The molecule has 0 aromatic carbocycles. The lowest BCUT2D eigenvalue weighted by molar-refractivity contribution is 1.01. The Morgan fingerprint density at radius 3 is 2.56 bits per heavy atom. The third-order valence-electron chi connectivity index (χ3n) is 1.77. The lowest BCUT2D eigenvalue weighted by Crippen LogP contribution is -1.74. The zero-order chi connectivity index (χ0) is 6.69. The number of hydrogen-bond acceptors (Lipinski definition) is 0. The Kier molecular flexibility index (Phi) is 2.10. The van der Waals surface area contributed by atoms with Crippen LogP contribution in [0.4, 0.5) is 0 Å². The molecule has 0 N–H and O–H groups in total. The Labute approximate surface area is 57.3 Å². The van der Waals surface area contributed by atoms with E-state index in [1.807, 2.05) is 0 Å². The normalized spacial score (nSPS) is 21.3. The van der Waals surface area contributed by atoms with E-state index in [2.05, 4.69) is 32.1 Å². The fourth-order valence-electron chi connectivity index (χ4n) is 0.923. The zero-order valence-corrected chi connectivity index (χ0v) is 6.22. The van der Waals surface area contributed by atoms with Crippen molar-refractivity contribution in [1.29, 1.82) is 0 Å². The third kappa shape index (κ3) is 2.05. The molecule has 0 aliphatic heterocycles. The van der Waals surface area contributed by atoms with Crippen molar-refractivity contribution in [3.05, 3.63) is 23.8 Å². The highest BCUT2D eigenvalue weighted by atomic mass is 14.3. The van der Waals surface area contributed by atoms with E-state index >= 15 is 0 Å². The van der Waals surface area contributed by atoms with E-state index in [-0.39, 0.29) is 0 Å². The second-order valence-electron chi connectivity index (χ2n) is 2.71. The van der Waals surface area contributed by atoms with Crippen molar-refractivity contribution < 1.29 is 0 Å². The summed E-state index contributed by atoms with van der Waals surface area (Å²) in [5, 5.41) is 0. The van der Waals surface area contributed by atoms with Gasteiger partial charge in [0.25, 0.3) is 0 Å². The zero-order valence-electron chi connectivity index (χ0n) is 6.22. The van der Waals surface area contributed by atoms with Crippen LogP contribution >= 0.6 is 0 Å². The Morgan fingerprint density at radius 1 is 1.44 bits per heavy atom. The average molecular weight is 122 g/mol. The minimum absolute atomic E-state index is 0.932. The monoisotopic (exact) mass is 122 g/mol. The topological polar surface area (TPSA) is 0 Å². The van der Waals surface area contributed by atoms with Crippen LogP contribution in [0.25, 0.3) is 0 Å². The summed E-state index contributed by atoms with van der Waals surface area (Å²) in [5.74, 6) is 0.932. The van der Waals surface area contributed by atoms with Crippen LogP contribution in [0.1, 0.15) is 26.7 Å². The van der Waals surface area contributed by atoms with Crippen molar-refractivity contribution >= 4 is 0 Å². The predicted octanol–water partition coefficient (Wildman–Crippen LogP) is 2.92. The predicted molar refractivity (Wildman–Crippen MR) is 41.3 cm³/mol. The summed E-state index contributed by atoms with van der Waals surface area (Å²) in [6, 6.07) is 0. The third-order valence-corrected chi connectivity index (χ3v) is 1.77. The van der Waals surface area contributed by atoms with Crippen LogP contribution in [0.15, 0.2) is 23.8 Å². The molecule has 50 valence electrons. The van der Waals surface area contributed by atoms with Gasteiger partial charge in [0.2, 0.25) is 0 Å². The van der Waals surface area contributed by atoms with Gasteiger partial charge in [-0.1, -0.05) is 23.8 Å². The van der Waals surface area contributed by atoms with Gasteiger partial charge in [-0.25, -0.2) is 0 Å². The summed E-state index contributed by atoms with van der Waals surface area (Å²) in [6.07, 6.45) is 9.25. The van der Waals surface area contributed by atoms with Gasteiger partial charge in [0.15, 0.2) is 0 Å². The highest BCUT2D eigenvalue weighted by Gasteiger charge is 2.21. The minimum Gasteiger partial charge on any atom is -0.0877 e. The van der Waals surface area contributed by atoms with Crippen LogP contribution in [0.3, 0.4) is 0 Å². The molecule has 0 amide bonds. The molecular weight excluding hydrogens is 108 g/mol. The van der Waals surface area contributed by atoms with Gasteiger partial charge in [0, 0.05) is 0 Å². The standard InChI is InChI=1S/C9H14/c1-3-4-5-8(2)9-6-7-9/h3-5,9H,6-7H2,1-2H3. The van der Waals surface area contributed by atoms with E-state index in [9.17, 15) is 0 Å². The molecule has 9 heavy (non-hydrogen) atoms. The van der Waals surface area contributed by atoms with Gasteiger partial charge >= 0.3 is 0 Å². The van der Waals surface area contributed by atoms with E-state index < -0.39 is 0 Å². The van der Waals surface area contributed by atoms with Gasteiger partial charge in [0.1, 0.15) is 0 Å². The Balaban J connectivity index is 2.37. The first kappa shape index (κ1) is 6.60. The van der Waals surface area contributed by atoms with Gasteiger partial charge in [-0.3, -0.25) is 0 Å². The Morgan fingerprint density at radius 2 is 2.11 bits per heavy atom. The molecule has 1 aliphatic carbocycles. The molecule has 0 spiro atoms. The molecule has 0 bridgehead atoms. The second-order valence-corrected chi connectivity index (χ2v) is 2.71. The minimum atomic E-state index is 0.932. The molecule has 1 rings (SSSR count). The highest BCUT2D eigenvalue weighted by Crippen LogP contribution is 2.35. The molecule has 0 saturated heterocycles. The fraction of sp³-hybridized carbons (Fsp3) is 0.556. The smallest absolute Gasteiger partial charge is 0.0202 e. The molecule has 0 nitrogen and oxygen atoms in total. The van der Waals surface area contributed by atoms with E-state index in [0.29, 0.717) is 0 Å². The van der Waals surface area contributed by atoms with E-state index in [4.69, 9.17) is 0 Å². The van der Waals surface area contributed by atoms with Gasteiger partial charge < -0.3 is 0 Å². The maximum absolute atomic E-state index is 2.22. The Bertz CT molecular complexity index is 136. The quantitative estimate of drug-likeness (QED) is 0.494. The van der Waals surface area contributed by atoms with Crippen LogP contribution in [-0.4, -0.2) is 0 Å². The SMILES string of the molecule is CC=CC=C(C)C1CC1. The van der Waals surface area contributed by atoms with Crippen molar-refractivity contribution in [3.8, 4) is 0 Å². The van der Waals surface area contributed by atoms with E-state index in [1.165, 1.54) is 12.8 Å². The summed E-state index contributed by atoms with van der Waals surface area (Å²) in [6.45, 7) is 4.27. The first-order valence-electron chi connectivity index (χ1n) is 3.64. The van der Waals surface area contributed by atoms with Gasteiger partial charge in [-0.15, -0.1) is 0 Å². The average Bonchev–Trinajstić information content (AvgIpc) is 2.63. The van der Waals surface area contributed by atoms with Crippen molar-refractivity contribution in [2.45, 2.75) is 26.7 Å². The molecule has 1 saturated carbocycles. The van der Waals surface area contributed by atoms with E-state index in [0.717, 1.165) is 5.92 Å². The fourth-order valence-corrected chi connectivity index (χ4v) is 0.923. The lowest BCUT2D eigenvalue weighted by atomic mass is 10.2. The molecule has 0 aromatic heterocycles. The Hall–Kier alpha value is -0.520. The summed E-state index contributed by atoms with van der Waals surface area (Å²) in [4.78, 5) is 0. The number of rotatable bonds is 2. The molecule has 0 atom stereocenters. The summed E-state index contributed by atoms with van der Waals surface area (Å²) >= 11 is 0. The molecule has 0 heteroatoms. The molecule has 1 aliphatic rings.